The first-order valence-electron chi connectivity index (χ1n) is 7.52. The molecular formula is C16H27Cl2IN2. The summed E-state index contributed by atoms with van der Waals surface area (Å²) in [6.45, 7) is 6.91. The first-order valence-corrected chi connectivity index (χ1v) is 8.60. The molecule has 1 aliphatic heterocycles. The average molecular weight is 445 g/mol. The lowest BCUT2D eigenvalue weighted by atomic mass is 9.98. The SMILES string of the molecule is CCCCC[C@H](c1ccccc1I)N1CCNCC1.Cl.Cl. The molecule has 1 aromatic rings. The van der Waals surface area contributed by atoms with Crippen molar-refractivity contribution in [1.82, 2.24) is 10.2 Å². The van der Waals surface area contributed by atoms with Crippen molar-refractivity contribution in [3.05, 3.63) is 33.4 Å². The van der Waals surface area contributed by atoms with Crippen LogP contribution in [0.4, 0.5) is 0 Å². The Kier molecular flexibility index (Phi) is 12.2. The maximum absolute atomic E-state index is 3.46. The number of piperazine rings is 1. The molecule has 0 aromatic heterocycles. The molecule has 5 heteroatoms. The number of hydrogen-bond acceptors (Lipinski definition) is 2. The van der Waals surface area contributed by atoms with Gasteiger partial charge in [0, 0.05) is 35.8 Å². The van der Waals surface area contributed by atoms with Crippen LogP contribution in [0.5, 0.6) is 0 Å². The Morgan fingerprint density at radius 1 is 1.14 bits per heavy atom. The van der Waals surface area contributed by atoms with E-state index >= 15 is 0 Å². The highest BCUT2D eigenvalue weighted by Gasteiger charge is 2.22. The van der Waals surface area contributed by atoms with Gasteiger partial charge in [-0.05, 0) is 40.6 Å². The second kappa shape index (κ2) is 11.9. The summed E-state index contributed by atoms with van der Waals surface area (Å²) < 4.78 is 1.42. The van der Waals surface area contributed by atoms with Crippen LogP contribution >= 0.6 is 47.4 Å². The van der Waals surface area contributed by atoms with E-state index in [-0.39, 0.29) is 24.8 Å². The Balaban J connectivity index is 0.00000200. The van der Waals surface area contributed by atoms with E-state index in [1.807, 2.05) is 0 Å². The van der Waals surface area contributed by atoms with Crippen molar-refractivity contribution in [2.24, 2.45) is 0 Å². The van der Waals surface area contributed by atoms with Crippen LogP contribution in [0.15, 0.2) is 24.3 Å². The molecule has 0 saturated carbocycles. The molecule has 1 N–H and O–H groups in total. The summed E-state index contributed by atoms with van der Waals surface area (Å²) in [6, 6.07) is 9.51. The monoisotopic (exact) mass is 444 g/mol. The van der Waals surface area contributed by atoms with Gasteiger partial charge in [0.2, 0.25) is 0 Å². The Morgan fingerprint density at radius 2 is 1.81 bits per heavy atom. The van der Waals surface area contributed by atoms with Gasteiger partial charge in [-0.3, -0.25) is 4.90 Å². The second-order valence-electron chi connectivity index (χ2n) is 5.32. The fourth-order valence-electron chi connectivity index (χ4n) is 2.86. The van der Waals surface area contributed by atoms with Gasteiger partial charge in [-0.15, -0.1) is 24.8 Å². The van der Waals surface area contributed by atoms with Crippen molar-refractivity contribution in [3.63, 3.8) is 0 Å². The lowest BCUT2D eigenvalue weighted by Crippen LogP contribution is -2.45. The fraction of sp³-hybridized carbons (Fsp3) is 0.625. The highest BCUT2D eigenvalue weighted by molar-refractivity contribution is 14.1. The quantitative estimate of drug-likeness (QED) is 0.506. The Labute approximate surface area is 155 Å². The van der Waals surface area contributed by atoms with Gasteiger partial charge >= 0.3 is 0 Å². The van der Waals surface area contributed by atoms with E-state index < -0.39 is 0 Å². The van der Waals surface area contributed by atoms with Gasteiger partial charge < -0.3 is 5.32 Å². The van der Waals surface area contributed by atoms with Crippen molar-refractivity contribution in [2.75, 3.05) is 26.2 Å². The molecule has 2 rings (SSSR count). The molecule has 0 spiro atoms. The van der Waals surface area contributed by atoms with Crippen LogP contribution in [0.1, 0.15) is 44.2 Å². The number of unbranched alkanes of at least 4 members (excludes halogenated alkanes) is 2. The normalized spacial score (nSPS) is 16.7. The molecule has 21 heavy (non-hydrogen) atoms. The Morgan fingerprint density at radius 3 is 2.43 bits per heavy atom. The fourth-order valence-corrected chi connectivity index (χ4v) is 3.61. The molecule has 0 bridgehead atoms. The predicted octanol–water partition coefficient (Wildman–Crippen LogP) is 4.66. The van der Waals surface area contributed by atoms with Gasteiger partial charge in [-0.1, -0.05) is 44.4 Å². The summed E-state index contributed by atoms with van der Waals surface area (Å²) in [5, 5.41) is 3.46. The first-order chi connectivity index (χ1) is 9.33. The minimum Gasteiger partial charge on any atom is -0.314 e. The van der Waals surface area contributed by atoms with Gasteiger partial charge in [-0.2, -0.15) is 0 Å². The smallest absolute Gasteiger partial charge is 0.0359 e. The average Bonchev–Trinajstić information content (AvgIpc) is 2.46. The summed E-state index contributed by atoms with van der Waals surface area (Å²) >= 11 is 2.49. The van der Waals surface area contributed by atoms with Crippen LogP contribution in [0.25, 0.3) is 0 Å². The van der Waals surface area contributed by atoms with E-state index in [2.05, 4.69) is 64.0 Å². The third kappa shape index (κ3) is 6.61. The lowest BCUT2D eigenvalue weighted by Gasteiger charge is -2.36. The highest BCUT2D eigenvalue weighted by atomic mass is 127. The molecule has 0 aliphatic carbocycles. The zero-order chi connectivity index (χ0) is 13.5. The van der Waals surface area contributed by atoms with Crippen LogP contribution in [-0.2, 0) is 0 Å². The van der Waals surface area contributed by atoms with E-state index in [1.165, 1.54) is 47.9 Å². The van der Waals surface area contributed by atoms with E-state index in [4.69, 9.17) is 0 Å². The van der Waals surface area contributed by atoms with Crippen molar-refractivity contribution in [3.8, 4) is 0 Å². The van der Waals surface area contributed by atoms with Gasteiger partial charge in [0.1, 0.15) is 0 Å². The van der Waals surface area contributed by atoms with E-state index in [0.717, 1.165) is 13.1 Å². The van der Waals surface area contributed by atoms with Crippen LogP contribution in [0.3, 0.4) is 0 Å². The molecular weight excluding hydrogens is 418 g/mol. The maximum atomic E-state index is 3.46. The molecule has 0 unspecified atom stereocenters. The zero-order valence-corrected chi connectivity index (χ0v) is 16.5. The maximum Gasteiger partial charge on any atom is 0.0359 e. The van der Waals surface area contributed by atoms with E-state index in [9.17, 15) is 0 Å². The van der Waals surface area contributed by atoms with E-state index in [0.29, 0.717) is 6.04 Å². The molecule has 1 heterocycles. The summed E-state index contributed by atoms with van der Waals surface area (Å²) in [7, 11) is 0. The zero-order valence-electron chi connectivity index (χ0n) is 12.7. The molecule has 1 atom stereocenters. The molecule has 1 aromatic carbocycles. The molecule has 0 radical (unpaired) electrons. The molecule has 2 nitrogen and oxygen atoms in total. The minimum atomic E-state index is 0. The predicted molar refractivity (Wildman–Crippen MR) is 105 cm³/mol. The first kappa shape index (κ1) is 21.4. The third-order valence-electron chi connectivity index (χ3n) is 3.94. The van der Waals surface area contributed by atoms with Crippen molar-refractivity contribution >= 4 is 47.4 Å². The van der Waals surface area contributed by atoms with Crippen LogP contribution in [0, 0.1) is 3.57 Å². The van der Waals surface area contributed by atoms with Gasteiger partial charge in [-0.25, -0.2) is 0 Å². The Hall–Kier alpha value is 0.450. The minimum absolute atomic E-state index is 0. The number of nitrogens with zero attached hydrogens (tertiary/aromatic N) is 1. The number of benzene rings is 1. The van der Waals surface area contributed by atoms with Crippen LogP contribution in [-0.4, -0.2) is 31.1 Å². The summed E-state index contributed by atoms with van der Waals surface area (Å²) in [5.41, 5.74) is 1.53. The van der Waals surface area contributed by atoms with Crippen molar-refractivity contribution in [2.45, 2.75) is 38.6 Å². The largest absolute Gasteiger partial charge is 0.314 e. The molecule has 122 valence electrons. The molecule has 0 amide bonds. The van der Waals surface area contributed by atoms with E-state index in [1.54, 1.807) is 0 Å². The molecule has 1 aliphatic rings. The number of halogens is 3. The van der Waals surface area contributed by atoms with Crippen LogP contribution in [0.2, 0.25) is 0 Å². The molecule has 1 saturated heterocycles. The number of hydrogen-bond donors (Lipinski definition) is 1. The lowest BCUT2D eigenvalue weighted by molar-refractivity contribution is 0.162. The summed E-state index contributed by atoms with van der Waals surface area (Å²) in [4.78, 5) is 2.67. The third-order valence-corrected chi connectivity index (χ3v) is 4.92. The summed E-state index contributed by atoms with van der Waals surface area (Å²) in [5.74, 6) is 0. The highest BCUT2D eigenvalue weighted by Crippen LogP contribution is 2.30. The number of rotatable bonds is 6. The standard InChI is InChI=1S/C16H25IN2.2ClH/c1-2-3-4-9-16(19-12-10-18-11-13-19)14-7-5-6-8-15(14)17;;/h5-8,16,18H,2-4,9-13H2,1H3;2*1H/t16-;;/m1../s1. The topological polar surface area (TPSA) is 15.3 Å². The van der Waals surface area contributed by atoms with Crippen LogP contribution < -0.4 is 5.32 Å². The summed E-state index contributed by atoms with van der Waals surface area (Å²) in [6.07, 6.45) is 5.30. The van der Waals surface area contributed by atoms with Gasteiger partial charge in [0.15, 0.2) is 0 Å². The Bertz CT molecular complexity index is 384. The second-order valence-corrected chi connectivity index (χ2v) is 6.48. The van der Waals surface area contributed by atoms with Crippen molar-refractivity contribution < 1.29 is 0 Å². The number of nitrogens with one attached hydrogen (secondary N) is 1. The van der Waals surface area contributed by atoms with Crippen molar-refractivity contribution in [1.29, 1.82) is 0 Å². The van der Waals surface area contributed by atoms with Gasteiger partial charge in [0.25, 0.3) is 0 Å². The van der Waals surface area contributed by atoms with Gasteiger partial charge in [0.05, 0.1) is 0 Å². The molecule has 1 fully saturated rings.